The second-order valence-electron chi connectivity index (χ2n) is 7.61. The molecule has 0 aliphatic rings. The smallest absolute Gasteiger partial charge is 0.257 e. The van der Waals surface area contributed by atoms with Crippen LogP contribution in [0.4, 0.5) is 5.69 Å². The van der Waals surface area contributed by atoms with Crippen molar-refractivity contribution in [2.75, 3.05) is 5.32 Å². The van der Waals surface area contributed by atoms with Gasteiger partial charge in [-0.15, -0.1) is 0 Å². The summed E-state index contributed by atoms with van der Waals surface area (Å²) in [6.45, 7) is 3.91. The van der Waals surface area contributed by atoms with Crippen LogP contribution in [-0.4, -0.2) is 21.8 Å². The van der Waals surface area contributed by atoms with Gasteiger partial charge in [-0.3, -0.25) is 14.6 Å². The third kappa shape index (κ3) is 5.15. The lowest BCUT2D eigenvalue weighted by Crippen LogP contribution is -2.27. The maximum atomic E-state index is 12.6. The number of pyridine rings is 1. The molecule has 1 unspecified atom stereocenters. The molecule has 0 aliphatic carbocycles. The van der Waals surface area contributed by atoms with E-state index in [0.29, 0.717) is 34.2 Å². The molecule has 7 nitrogen and oxygen atoms in total. The van der Waals surface area contributed by atoms with E-state index >= 15 is 0 Å². The number of nitrogens with one attached hydrogen (secondary N) is 2. The number of aryl methyl sites for hydroxylation is 1. The van der Waals surface area contributed by atoms with E-state index in [9.17, 15) is 9.59 Å². The van der Waals surface area contributed by atoms with Crippen LogP contribution in [-0.2, 0) is 11.3 Å². The summed E-state index contributed by atoms with van der Waals surface area (Å²) >= 11 is 0. The second-order valence-corrected chi connectivity index (χ2v) is 7.61. The molecule has 0 spiro atoms. The van der Waals surface area contributed by atoms with E-state index in [1.807, 2.05) is 55.5 Å². The van der Waals surface area contributed by atoms with Crippen LogP contribution in [0.5, 0.6) is 0 Å². The van der Waals surface area contributed by atoms with Crippen molar-refractivity contribution in [1.82, 2.24) is 15.3 Å². The predicted octanol–water partition coefficient (Wildman–Crippen LogP) is 4.72. The van der Waals surface area contributed by atoms with Gasteiger partial charge in [-0.25, -0.2) is 4.98 Å². The summed E-state index contributed by atoms with van der Waals surface area (Å²) in [6, 6.07) is 20.3. The van der Waals surface area contributed by atoms with Crippen LogP contribution in [0.3, 0.4) is 0 Å². The Bertz CT molecular complexity index is 1250. The minimum Gasteiger partial charge on any atom is -0.441 e. The van der Waals surface area contributed by atoms with E-state index in [0.717, 1.165) is 5.56 Å². The Hall–Kier alpha value is -4.26. The average Bonchev–Trinajstić information content (AvgIpc) is 3.23. The first-order valence-electron chi connectivity index (χ1n) is 10.6. The van der Waals surface area contributed by atoms with Crippen molar-refractivity contribution in [2.45, 2.75) is 26.3 Å². The molecule has 2 aromatic heterocycles. The highest BCUT2D eigenvalue weighted by Crippen LogP contribution is 2.29. The van der Waals surface area contributed by atoms with Crippen LogP contribution in [0.2, 0.25) is 0 Å². The number of carbonyl (C=O) groups excluding carboxylic acids is 2. The lowest BCUT2D eigenvalue weighted by Gasteiger charge is -2.11. The van der Waals surface area contributed by atoms with Crippen molar-refractivity contribution in [3.63, 3.8) is 0 Å². The molecule has 0 aliphatic heterocycles. The fourth-order valence-corrected chi connectivity index (χ4v) is 3.39. The second kappa shape index (κ2) is 9.91. The van der Waals surface area contributed by atoms with Crippen molar-refractivity contribution < 1.29 is 14.0 Å². The largest absolute Gasteiger partial charge is 0.441 e. The van der Waals surface area contributed by atoms with E-state index in [1.54, 1.807) is 31.3 Å². The van der Waals surface area contributed by atoms with Crippen LogP contribution in [0.25, 0.3) is 11.5 Å². The number of nitrogens with zero attached hydrogens (tertiary/aromatic N) is 2. The van der Waals surface area contributed by atoms with Gasteiger partial charge in [0, 0.05) is 12.4 Å². The highest BCUT2D eigenvalue weighted by Gasteiger charge is 2.19. The van der Waals surface area contributed by atoms with Gasteiger partial charge < -0.3 is 15.1 Å². The summed E-state index contributed by atoms with van der Waals surface area (Å²) in [5.41, 5.74) is 3.25. The topological polar surface area (TPSA) is 97.1 Å². The molecule has 2 aromatic carbocycles. The van der Waals surface area contributed by atoms with Gasteiger partial charge in [0.05, 0.1) is 29.3 Å². The van der Waals surface area contributed by atoms with Gasteiger partial charge in [0.25, 0.3) is 5.91 Å². The van der Waals surface area contributed by atoms with Gasteiger partial charge in [0.1, 0.15) is 11.5 Å². The normalized spacial score (nSPS) is 11.6. The standard InChI is InChI=1S/C26H24N4O3/c1-17(19-9-4-3-5-10-19)24(31)28-16-23-18(2)33-26(30-23)21-12-6-7-13-22(21)29-25(32)20-11-8-14-27-15-20/h3-15,17H,16H2,1-2H3,(H,28,31)(H,29,32). The van der Waals surface area contributed by atoms with Gasteiger partial charge in [0.15, 0.2) is 0 Å². The molecule has 166 valence electrons. The van der Waals surface area contributed by atoms with E-state index in [1.165, 1.54) is 6.20 Å². The number of amides is 2. The molecule has 33 heavy (non-hydrogen) atoms. The maximum Gasteiger partial charge on any atom is 0.257 e. The molecule has 2 amide bonds. The number of carbonyl (C=O) groups is 2. The lowest BCUT2D eigenvalue weighted by molar-refractivity contribution is -0.122. The van der Waals surface area contributed by atoms with Gasteiger partial charge in [-0.2, -0.15) is 0 Å². The minimum atomic E-state index is -0.277. The number of hydrogen-bond donors (Lipinski definition) is 2. The van der Waals surface area contributed by atoms with Crippen LogP contribution >= 0.6 is 0 Å². The van der Waals surface area contributed by atoms with Gasteiger partial charge in [-0.1, -0.05) is 42.5 Å². The Kier molecular flexibility index (Phi) is 6.59. The summed E-state index contributed by atoms with van der Waals surface area (Å²) in [4.78, 5) is 33.7. The quantitative estimate of drug-likeness (QED) is 0.434. The molecule has 2 N–H and O–H groups in total. The highest BCUT2D eigenvalue weighted by molar-refractivity contribution is 6.05. The van der Waals surface area contributed by atoms with E-state index < -0.39 is 0 Å². The first kappa shape index (κ1) is 22.0. The number of benzene rings is 2. The summed E-state index contributed by atoms with van der Waals surface area (Å²) in [7, 11) is 0. The van der Waals surface area contributed by atoms with Crippen molar-refractivity contribution in [2.24, 2.45) is 0 Å². The maximum absolute atomic E-state index is 12.6. The number of rotatable bonds is 7. The van der Waals surface area contributed by atoms with E-state index in [2.05, 4.69) is 20.6 Å². The summed E-state index contributed by atoms with van der Waals surface area (Å²) in [5, 5.41) is 5.82. The third-order valence-electron chi connectivity index (χ3n) is 5.34. The minimum absolute atomic E-state index is 0.0886. The van der Waals surface area contributed by atoms with Gasteiger partial charge in [0.2, 0.25) is 11.8 Å². The first-order chi connectivity index (χ1) is 16.0. The molecule has 4 aromatic rings. The molecule has 0 radical (unpaired) electrons. The zero-order valence-corrected chi connectivity index (χ0v) is 18.4. The average molecular weight is 441 g/mol. The van der Waals surface area contributed by atoms with Crippen molar-refractivity contribution >= 4 is 17.5 Å². The molecule has 4 rings (SSSR count). The van der Waals surface area contributed by atoms with Crippen LogP contribution < -0.4 is 10.6 Å². The number of anilines is 1. The number of para-hydroxylation sites is 1. The molecule has 7 heteroatoms. The zero-order chi connectivity index (χ0) is 23.2. The number of hydrogen-bond acceptors (Lipinski definition) is 5. The SMILES string of the molecule is Cc1oc(-c2ccccc2NC(=O)c2cccnc2)nc1CNC(=O)C(C)c1ccccc1. The molecular weight excluding hydrogens is 416 g/mol. The summed E-state index contributed by atoms with van der Waals surface area (Å²) in [6.07, 6.45) is 3.12. The van der Waals surface area contributed by atoms with Crippen molar-refractivity contribution in [3.8, 4) is 11.5 Å². The third-order valence-corrected chi connectivity index (χ3v) is 5.34. The van der Waals surface area contributed by atoms with Crippen molar-refractivity contribution in [3.05, 3.63) is 102 Å². The summed E-state index contributed by atoms with van der Waals surface area (Å²) < 4.78 is 5.88. The molecule has 0 saturated heterocycles. The Labute approximate surface area is 191 Å². The fraction of sp³-hybridized carbons (Fsp3) is 0.154. The van der Waals surface area contributed by atoms with Crippen molar-refractivity contribution in [1.29, 1.82) is 0 Å². The van der Waals surface area contributed by atoms with E-state index in [4.69, 9.17) is 4.42 Å². The molecule has 0 fully saturated rings. The Morgan fingerprint density at radius 2 is 1.76 bits per heavy atom. The van der Waals surface area contributed by atoms with Crippen LogP contribution in [0.15, 0.2) is 83.5 Å². The summed E-state index contributed by atoms with van der Waals surface area (Å²) in [5.74, 6) is 0.331. The Balaban J connectivity index is 1.48. The van der Waals surface area contributed by atoms with Gasteiger partial charge >= 0.3 is 0 Å². The van der Waals surface area contributed by atoms with Crippen LogP contribution in [0.1, 0.15) is 40.2 Å². The molecule has 0 bridgehead atoms. The predicted molar refractivity (Wildman–Crippen MR) is 126 cm³/mol. The molecular formula is C26H24N4O3. The highest BCUT2D eigenvalue weighted by atomic mass is 16.4. The van der Waals surface area contributed by atoms with E-state index in [-0.39, 0.29) is 24.3 Å². The number of oxazole rings is 1. The Morgan fingerprint density at radius 3 is 2.52 bits per heavy atom. The zero-order valence-electron chi connectivity index (χ0n) is 18.4. The number of aromatic nitrogens is 2. The molecule has 0 saturated carbocycles. The molecule has 2 heterocycles. The Morgan fingerprint density at radius 1 is 1.00 bits per heavy atom. The van der Waals surface area contributed by atoms with Gasteiger partial charge in [-0.05, 0) is 43.7 Å². The fourth-order valence-electron chi connectivity index (χ4n) is 3.39. The van der Waals surface area contributed by atoms with Crippen LogP contribution in [0, 0.1) is 6.92 Å². The lowest BCUT2D eigenvalue weighted by atomic mass is 10.0. The monoisotopic (exact) mass is 440 g/mol. The molecule has 1 atom stereocenters. The first-order valence-corrected chi connectivity index (χ1v) is 10.6.